The van der Waals surface area contributed by atoms with Crippen LogP contribution in [0.2, 0.25) is 0 Å². The van der Waals surface area contributed by atoms with Gasteiger partial charge in [0.1, 0.15) is 0 Å². The van der Waals surface area contributed by atoms with E-state index in [0.717, 1.165) is 19.9 Å². The number of hydrogen-bond acceptors (Lipinski definition) is 3. The molecule has 0 bridgehead atoms. The summed E-state index contributed by atoms with van der Waals surface area (Å²) in [5, 5.41) is -0.724. The van der Waals surface area contributed by atoms with E-state index in [9.17, 15) is 13.2 Å². The molecule has 0 radical (unpaired) electrons. The van der Waals surface area contributed by atoms with Crippen molar-refractivity contribution in [1.82, 2.24) is 4.31 Å². The molecule has 4 nitrogen and oxygen atoms in total. The Morgan fingerprint density at radius 2 is 1.65 bits per heavy atom. The Labute approximate surface area is 149 Å². The van der Waals surface area contributed by atoms with Gasteiger partial charge in [0, 0.05) is 11.0 Å². The van der Waals surface area contributed by atoms with Crippen molar-refractivity contribution in [3.05, 3.63) is 64.1 Å². The van der Waals surface area contributed by atoms with Crippen molar-refractivity contribution in [1.29, 1.82) is 0 Å². The zero-order chi connectivity index (χ0) is 17.0. The van der Waals surface area contributed by atoms with Crippen molar-refractivity contribution < 1.29 is 13.2 Å². The topological polar surface area (TPSA) is 54.5 Å². The van der Waals surface area contributed by atoms with Crippen molar-refractivity contribution in [2.45, 2.75) is 18.4 Å². The molecule has 0 atom stereocenters. The summed E-state index contributed by atoms with van der Waals surface area (Å²) in [6.07, 6.45) is 0. The number of rotatable bonds is 6. The number of nitrogens with zero attached hydrogens (tertiary/aromatic N) is 1. The summed E-state index contributed by atoms with van der Waals surface area (Å²) in [7, 11) is -3.80. The van der Waals surface area contributed by atoms with Gasteiger partial charge in [-0.2, -0.15) is 4.31 Å². The van der Waals surface area contributed by atoms with Gasteiger partial charge in [-0.25, -0.2) is 8.42 Å². The third-order valence-corrected chi connectivity index (χ3v) is 5.69. The van der Waals surface area contributed by atoms with E-state index >= 15 is 0 Å². The van der Waals surface area contributed by atoms with Gasteiger partial charge in [0.05, 0.1) is 11.4 Å². The molecule has 0 aliphatic heterocycles. The van der Waals surface area contributed by atoms with Crippen LogP contribution < -0.4 is 0 Å². The summed E-state index contributed by atoms with van der Waals surface area (Å²) < 4.78 is 27.5. The quantitative estimate of drug-likeness (QED) is 0.675. The molecule has 0 aromatic heterocycles. The van der Waals surface area contributed by atoms with Gasteiger partial charge >= 0.3 is 0 Å². The van der Waals surface area contributed by atoms with Crippen LogP contribution in [0.5, 0.6) is 0 Å². The normalized spacial score (nSPS) is 11.7. The third kappa shape index (κ3) is 4.88. The van der Waals surface area contributed by atoms with E-state index in [-0.39, 0.29) is 18.0 Å². The summed E-state index contributed by atoms with van der Waals surface area (Å²) in [5.41, 5.74) is 1.72. The molecule has 0 saturated carbocycles. The van der Waals surface area contributed by atoms with E-state index in [4.69, 9.17) is 11.6 Å². The Balaban J connectivity index is 2.34. The fraction of sp³-hybridized carbons (Fsp3) is 0.188. The van der Waals surface area contributed by atoms with E-state index < -0.39 is 15.3 Å². The number of hydrogen-bond donors (Lipinski definition) is 0. The Hall–Kier alpha value is -1.21. The van der Waals surface area contributed by atoms with Gasteiger partial charge in [-0.3, -0.25) is 4.79 Å². The highest BCUT2D eigenvalue weighted by Gasteiger charge is 2.26. The lowest BCUT2D eigenvalue weighted by Crippen LogP contribution is -2.34. The molecule has 0 amide bonds. The van der Waals surface area contributed by atoms with Gasteiger partial charge in [0.2, 0.25) is 15.3 Å². The average Bonchev–Trinajstić information content (AvgIpc) is 2.49. The number of carbonyl (C=O) groups is 1. The van der Waals surface area contributed by atoms with E-state index in [1.165, 1.54) is 12.1 Å². The number of sulfonamides is 1. The van der Waals surface area contributed by atoms with Crippen LogP contribution in [0.1, 0.15) is 11.1 Å². The molecule has 7 heteroatoms. The van der Waals surface area contributed by atoms with Crippen LogP contribution >= 0.6 is 27.5 Å². The predicted octanol–water partition coefficient (Wildman–Crippen LogP) is 3.71. The lowest BCUT2D eigenvalue weighted by Gasteiger charge is -2.21. The van der Waals surface area contributed by atoms with Gasteiger partial charge in [0.15, 0.2) is 0 Å². The zero-order valence-corrected chi connectivity index (χ0v) is 15.5. The number of halogens is 2. The standard InChI is InChI=1S/C16H15BrClNO3S/c1-12-2-8-15(9-3-12)23(21,22)19(11-16(18)20)10-13-4-6-14(17)7-5-13/h2-9H,10-11H2,1H3. The Kier molecular flexibility index (Phi) is 5.97. The molecule has 0 fully saturated rings. The molecular weight excluding hydrogens is 402 g/mol. The van der Waals surface area contributed by atoms with E-state index in [1.807, 2.05) is 19.1 Å². The zero-order valence-electron chi connectivity index (χ0n) is 12.4. The molecule has 122 valence electrons. The average molecular weight is 417 g/mol. The maximum atomic E-state index is 12.8. The lowest BCUT2D eigenvalue weighted by atomic mass is 10.2. The first kappa shape index (κ1) is 18.1. The van der Waals surface area contributed by atoms with Crippen LogP contribution in [-0.4, -0.2) is 24.5 Å². The van der Waals surface area contributed by atoms with Crippen LogP contribution in [0.25, 0.3) is 0 Å². The Morgan fingerprint density at radius 1 is 1.09 bits per heavy atom. The summed E-state index contributed by atoms with van der Waals surface area (Å²) in [5.74, 6) is 0. The minimum Gasteiger partial charge on any atom is -0.280 e. The minimum atomic E-state index is -3.80. The van der Waals surface area contributed by atoms with Crippen LogP contribution in [0.3, 0.4) is 0 Å². The molecule has 0 aliphatic carbocycles. The summed E-state index contributed by atoms with van der Waals surface area (Å²) in [6, 6.07) is 13.7. The van der Waals surface area contributed by atoms with Crippen LogP contribution in [0.15, 0.2) is 57.9 Å². The van der Waals surface area contributed by atoms with Gasteiger partial charge in [-0.05, 0) is 48.4 Å². The lowest BCUT2D eigenvalue weighted by molar-refractivity contribution is -0.111. The van der Waals surface area contributed by atoms with Crippen LogP contribution in [0.4, 0.5) is 0 Å². The number of aryl methyl sites for hydroxylation is 1. The molecule has 2 aromatic rings. The molecular formula is C16H15BrClNO3S. The highest BCUT2D eigenvalue weighted by atomic mass is 79.9. The summed E-state index contributed by atoms with van der Waals surface area (Å²) in [4.78, 5) is 11.4. The molecule has 0 aliphatic rings. The SMILES string of the molecule is Cc1ccc(S(=O)(=O)N(CC(=O)Cl)Cc2ccc(Br)cc2)cc1. The van der Waals surface area contributed by atoms with E-state index in [0.29, 0.717) is 0 Å². The van der Waals surface area contributed by atoms with Crippen molar-refractivity contribution in [2.75, 3.05) is 6.54 Å². The number of carbonyl (C=O) groups excluding carboxylic acids is 1. The first-order valence-electron chi connectivity index (χ1n) is 6.78. The molecule has 0 N–H and O–H groups in total. The van der Waals surface area contributed by atoms with Crippen LogP contribution in [-0.2, 0) is 21.4 Å². The molecule has 0 saturated heterocycles. The summed E-state index contributed by atoms with van der Waals surface area (Å²) in [6.45, 7) is 1.56. The monoisotopic (exact) mass is 415 g/mol. The molecule has 0 heterocycles. The first-order valence-corrected chi connectivity index (χ1v) is 9.40. The molecule has 0 unspecified atom stereocenters. The second-order valence-corrected chi connectivity index (χ2v) is 8.34. The largest absolute Gasteiger partial charge is 0.280 e. The van der Waals surface area contributed by atoms with Gasteiger partial charge in [0.25, 0.3) is 0 Å². The van der Waals surface area contributed by atoms with Crippen LogP contribution in [0, 0.1) is 6.92 Å². The van der Waals surface area contributed by atoms with Crippen molar-refractivity contribution in [2.24, 2.45) is 0 Å². The summed E-state index contributed by atoms with van der Waals surface area (Å²) >= 11 is 8.76. The Morgan fingerprint density at radius 3 is 2.17 bits per heavy atom. The number of benzene rings is 2. The predicted molar refractivity (Wildman–Crippen MR) is 93.8 cm³/mol. The third-order valence-electron chi connectivity index (χ3n) is 3.23. The molecule has 23 heavy (non-hydrogen) atoms. The minimum absolute atomic E-state index is 0.0714. The van der Waals surface area contributed by atoms with Gasteiger partial charge in [-0.15, -0.1) is 0 Å². The van der Waals surface area contributed by atoms with E-state index in [1.54, 1.807) is 24.3 Å². The molecule has 0 spiro atoms. The first-order chi connectivity index (χ1) is 10.8. The second-order valence-electron chi connectivity index (χ2n) is 5.07. The van der Waals surface area contributed by atoms with Gasteiger partial charge in [-0.1, -0.05) is 45.8 Å². The van der Waals surface area contributed by atoms with Crippen molar-refractivity contribution in [3.8, 4) is 0 Å². The smallest absolute Gasteiger partial charge is 0.243 e. The van der Waals surface area contributed by atoms with Gasteiger partial charge < -0.3 is 0 Å². The Bertz CT molecular complexity index is 789. The second kappa shape index (κ2) is 7.57. The highest BCUT2D eigenvalue weighted by molar-refractivity contribution is 9.10. The maximum Gasteiger partial charge on any atom is 0.243 e. The van der Waals surface area contributed by atoms with Crippen molar-refractivity contribution in [3.63, 3.8) is 0 Å². The molecule has 2 rings (SSSR count). The maximum absolute atomic E-state index is 12.8. The fourth-order valence-corrected chi connectivity index (χ4v) is 3.88. The van der Waals surface area contributed by atoms with Crippen molar-refractivity contribution >= 4 is 42.8 Å². The highest BCUT2D eigenvalue weighted by Crippen LogP contribution is 2.20. The van der Waals surface area contributed by atoms with E-state index in [2.05, 4.69) is 15.9 Å². The molecule has 2 aromatic carbocycles. The fourth-order valence-electron chi connectivity index (χ4n) is 2.02.